The van der Waals surface area contributed by atoms with E-state index in [2.05, 4.69) is 4.90 Å². The number of hydrogen-bond acceptors (Lipinski definition) is 4. The molecule has 1 heterocycles. The number of hydrogen-bond donors (Lipinski definition) is 1. The molecule has 116 valence electrons. The van der Waals surface area contributed by atoms with E-state index in [9.17, 15) is 4.39 Å². The zero-order valence-electron chi connectivity index (χ0n) is 12.3. The van der Waals surface area contributed by atoms with Crippen LogP contribution < -0.4 is 15.4 Å². The van der Waals surface area contributed by atoms with Crippen molar-refractivity contribution < 1.29 is 13.9 Å². The Hall–Kier alpha value is -2.27. The van der Waals surface area contributed by atoms with Crippen LogP contribution in [0.4, 0.5) is 15.8 Å². The second-order valence-corrected chi connectivity index (χ2v) is 5.25. The number of morpholine rings is 1. The van der Waals surface area contributed by atoms with E-state index in [-0.39, 0.29) is 5.82 Å². The van der Waals surface area contributed by atoms with Crippen LogP contribution in [-0.2, 0) is 11.3 Å². The molecule has 0 aromatic heterocycles. The molecule has 0 spiro atoms. The van der Waals surface area contributed by atoms with Gasteiger partial charge >= 0.3 is 0 Å². The van der Waals surface area contributed by atoms with E-state index in [1.54, 1.807) is 6.07 Å². The van der Waals surface area contributed by atoms with Crippen LogP contribution in [0, 0.1) is 5.82 Å². The monoisotopic (exact) mass is 302 g/mol. The van der Waals surface area contributed by atoms with Crippen LogP contribution in [0.15, 0.2) is 42.5 Å². The third kappa shape index (κ3) is 3.49. The summed E-state index contributed by atoms with van der Waals surface area (Å²) in [5, 5.41) is 0. The van der Waals surface area contributed by atoms with Crippen molar-refractivity contribution in [2.45, 2.75) is 6.61 Å². The number of nitrogens with two attached hydrogens (primary N) is 1. The fraction of sp³-hybridized carbons (Fsp3) is 0.294. The Kier molecular flexibility index (Phi) is 4.44. The van der Waals surface area contributed by atoms with Crippen molar-refractivity contribution in [3.63, 3.8) is 0 Å². The van der Waals surface area contributed by atoms with E-state index in [4.69, 9.17) is 15.2 Å². The molecule has 0 aliphatic carbocycles. The summed E-state index contributed by atoms with van der Waals surface area (Å²) in [4.78, 5) is 2.21. The van der Waals surface area contributed by atoms with Crippen molar-refractivity contribution in [2.75, 3.05) is 36.9 Å². The van der Waals surface area contributed by atoms with Crippen molar-refractivity contribution in [3.05, 3.63) is 53.8 Å². The zero-order chi connectivity index (χ0) is 15.4. The van der Waals surface area contributed by atoms with Gasteiger partial charge in [0.15, 0.2) is 0 Å². The summed E-state index contributed by atoms with van der Waals surface area (Å²) in [6.07, 6.45) is 0. The standard InChI is InChI=1S/C17H19FN2O2/c18-14-3-1-2-13(10-14)12-22-17-11-15(19)4-5-16(17)20-6-8-21-9-7-20/h1-5,10-11H,6-9,12,19H2. The van der Waals surface area contributed by atoms with Crippen LogP contribution in [0.5, 0.6) is 5.75 Å². The van der Waals surface area contributed by atoms with E-state index < -0.39 is 0 Å². The maximum Gasteiger partial charge on any atom is 0.145 e. The Morgan fingerprint density at radius 3 is 2.73 bits per heavy atom. The molecule has 1 fully saturated rings. The number of halogens is 1. The van der Waals surface area contributed by atoms with Gasteiger partial charge in [-0.3, -0.25) is 0 Å². The maximum absolute atomic E-state index is 13.2. The van der Waals surface area contributed by atoms with Crippen LogP contribution in [-0.4, -0.2) is 26.3 Å². The molecule has 2 aromatic carbocycles. The van der Waals surface area contributed by atoms with E-state index in [1.807, 2.05) is 24.3 Å². The number of nitrogens with zero attached hydrogens (tertiary/aromatic N) is 1. The number of ether oxygens (including phenoxy) is 2. The minimum atomic E-state index is -0.262. The highest BCUT2D eigenvalue weighted by molar-refractivity contribution is 5.64. The second kappa shape index (κ2) is 6.66. The molecular formula is C17H19FN2O2. The lowest BCUT2D eigenvalue weighted by Gasteiger charge is -2.30. The molecular weight excluding hydrogens is 283 g/mol. The second-order valence-electron chi connectivity index (χ2n) is 5.25. The summed E-state index contributed by atoms with van der Waals surface area (Å²) >= 11 is 0. The number of anilines is 2. The summed E-state index contributed by atoms with van der Waals surface area (Å²) in [5.74, 6) is 0.452. The SMILES string of the molecule is Nc1ccc(N2CCOCC2)c(OCc2cccc(F)c2)c1. The van der Waals surface area contributed by atoms with Crippen LogP contribution in [0.2, 0.25) is 0 Å². The van der Waals surface area contributed by atoms with E-state index in [1.165, 1.54) is 12.1 Å². The summed E-state index contributed by atoms with van der Waals surface area (Å²) in [6.45, 7) is 3.35. The molecule has 2 N–H and O–H groups in total. The van der Waals surface area contributed by atoms with Gasteiger partial charge in [-0.15, -0.1) is 0 Å². The molecule has 0 bridgehead atoms. The van der Waals surface area contributed by atoms with Gasteiger partial charge in [-0.2, -0.15) is 0 Å². The van der Waals surface area contributed by atoms with Crippen molar-refractivity contribution in [3.8, 4) is 5.75 Å². The molecule has 0 unspecified atom stereocenters. The highest BCUT2D eigenvalue weighted by atomic mass is 19.1. The predicted octanol–water partition coefficient (Wildman–Crippen LogP) is 2.82. The molecule has 0 saturated carbocycles. The molecule has 2 aromatic rings. The van der Waals surface area contributed by atoms with Crippen LogP contribution in [0.1, 0.15) is 5.56 Å². The third-order valence-corrected chi connectivity index (χ3v) is 3.62. The van der Waals surface area contributed by atoms with Gasteiger partial charge in [-0.05, 0) is 29.8 Å². The van der Waals surface area contributed by atoms with Gasteiger partial charge in [0.05, 0.1) is 18.9 Å². The van der Waals surface area contributed by atoms with Gasteiger partial charge in [-0.25, -0.2) is 4.39 Å². The Morgan fingerprint density at radius 2 is 1.95 bits per heavy atom. The van der Waals surface area contributed by atoms with E-state index >= 15 is 0 Å². The van der Waals surface area contributed by atoms with E-state index in [0.717, 1.165) is 24.3 Å². The fourth-order valence-electron chi connectivity index (χ4n) is 2.50. The van der Waals surface area contributed by atoms with Gasteiger partial charge in [0.1, 0.15) is 18.2 Å². The average Bonchev–Trinajstić information content (AvgIpc) is 2.54. The Bertz CT molecular complexity index is 642. The van der Waals surface area contributed by atoms with Gasteiger partial charge < -0.3 is 20.1 Å². The smallest absolute Gasteiger partial charge is 0.145 e. The fourth-order valence-corrected chi connectivity index (χ4v) is 2.50. The van der Waals surface area contributed by atoms with Crippen molar-refractivity contribution in [2.24, 2.45) is 0 Å². The van der Waals surface area contributed by atoms with Crippen LogP contribution >= 0.6 is 0 Å². The number of rotatable bonds is 4. The molecule has 5 heteroatoms. The molecule has 0 amide bonds. The zero-order valence-corrected chi connectivity index (χ0v) is 12.3. The Labute approximate surface area is 129 Å². The lowest BCUT2D eigenvalue weighted by atomic mass is 10.2. The quantitative estimate of drug-likeness (QED) is 0.882. The first kappa shape index (κ1) is 14.7. The van der Waals surface area contributed by atoms with Crippen molar-refractivity contribution in [1.82, 2.24) is 0 Å². The van der Waals surface area contributed by atoms with Gasteiger partial charge in [0.2, 0.25) is 0 Å². The third-order valence-electron chi connectivity index (χ3n) is 3.62. The molecule has 3 rings (SSSR count). The molecule has 0 radical (unpaired) electrons. The maximum atomic E-state index is 13.2. The lowest BCUT2D eigenvalue weighted by Crippen LogP contribution is -2.36. The molecule has 4 nitrogen and oxygen atoms in total. The first-order valence-electron chi connectivity index (χ1n) is 7.32. The summed E-state index contributed by atoms with van der Waals surface area (Å²) < 4.78 is 24.5. The minimum absolute atomic E-state index is 0.262. The summed E-state index contributed by atoms with van der Waals surface area (Å²) in [7, 11) is 0. The van der Waals surface area contributed by atoms with Crippen molar-refractivity contribution >= 4 is 11.4 Å². The molecule has 1 aliphatic heterocycles. The molecule has 1 saturated heterocycles. The van der Waals surface area contributed by atoms with Gasteiger partial charge in [0.25, 0.3) is 0 Å². The molecule has 1 aliphatic rings. The van der Waals surface area contributed by atoms with Crippen LogP contribution in [0.25, 0.3) is 0 Å². The predicted molar refractivity (Wildman–Crippen MR) is 84.6 cm³/mol. The van der Waals surface area contributed by atoms with Crippen LogP contribution in [0.3, 0.4) is 0 Å². The Balaban J connectivity index is 1.78. The van der Waals surface area contributed by atoms with Gasteiger partial charge in [-0.1, -0.05) is 12.1 Å². The highest BCUT2D eigenvalue weighted by Crippen LogP contribution is 2.31. The topological polar surface area (TPSA) is 47.7 Å². The molecule has 22 heavy (non-hydrogen) atoms. The number of nitrogen functional groups attached to an aromatic ring is 1. The normalized spacial score (nSPS) is 14.9. The number of benzene rings is 2. The Morgan fingerprint density at radius 1 is 1.14 bits per heavy atom. The molecule has 0 atom stereocenters. The van der Waals surface area contributed by atoms with Gasteiger partial charge in [0, 0.05) is 24.8 Å². The highest BCUT2D eigenvalue weighted by Gasteiger charge is 2.16. The van der Waals surface area contributed by atoms with Crippen molar-refractivity contribution in [1.29, 1.82) is 0 Å². The van der Waals surface area contributed by atoms with E-state index in [0.29, 0.717) is 31.3 Å². The first-order valence-corrected chi connectivity index (χ1v) is 7.32. The first-order chi connectivity index (χ1) is 10.7. The summed E-state index contributed by atoms with van der Waals surface area (Å²) in [6, 6.07) is 12.0. The largest absolute Gasteiger partial charge is 0.487 e. The minimum Gasteiger partial charge on any atom is -0.487 e. The average molecular weight is 302 g/mol. The summed E-state index contributed by atoms with van der Waals surface area (Å²) in [5.41, 5.74) is 8.29. The lowest BCUT2D eigenvalue weighted by molar-refractivity contribution is 0.122.